The first-order valence-corrected chi connectivity index (χ1v) is 9.30. The van der Waals surface area contributed by atoms with Crippen LogP contribution in [0.3, 0.4) is 0 Å². The number of nitrogens with one attached hydrogen (secondary N) is 1. The molecule has 0 saturated carbocycles. The Kier molecular flexibility index (Phi) is 4.14. The third-order valence-electron chi connectivity index (χ3n) is 3.84. The third kappa shape index (κ3) is 2.98. The van der Waals surface area contributed by atoms with Gasteiger partial charge in [-0.15, -0.1) is 11.8 Å². The molecule has 1 fully saturated rings. The van der Waals surface area contributed by atoms with E-state index < -0.39 is 5.91 Å². The molecular formula is C17H12FN3O2S2. The minimum Gasteiger partial charge on any atom is -0.272 e. The van der Waals surface area contributed by atoms with Crippen LogP contribution < -0.4 is 5.43 Å². The number of thioether (sulfide) groups is 1. The largest absolute Gasteiger partial charge is 0.290 e. The van der Waals surface area contributed by atoms with Crippen LogP contribution in [0.1, 0.15) is 21.4 Å². The maximum Gasteiger partial charge on any atom is 0.290 e. The molecule has 1 aliphatic heterocycles. The highest BCUT2D eigenvalue weighted by Crippen LogP contribution is 2.37. The van der Waals surface area contributed by atoms with Gasteiger partial charge in [-0.1, -0.05) is 30.3 Å². The Morgan fingerprint density at radius 3 is 2.76 bits per heavy atom. The van der Waals surface area contributed by atoms with Gasteiger partial charge in [0.05, 0.1) is 10.5 Å². The fourth-order valence-electron chi connectivity index (χ4n) is 2.63. The van der Waals surface area contributed by atoms with Crippen molar-refractivity contribution in [3.63, 3.8) is 0 Å². The molecule has 2 amide bonds. The Bertz CT molecular complexity index is 958. The fraction of sp³-hybridized carbons (Fsp3) is 0.118. The van der Waals surface area contributed by atoms with E-state index in [4.69, 9.17) is 0 Å². The molecule has 1 unspecified atom stereocenters. The molecule has 1 atom stereocenters. The van der Waals surface area contributed by atoms with Gasteiger partial charge >= 0.3 is 0 Å². The summed E-state index contributed by atoms with van der Waals surface area (Å²) in [5.41, 5.74) is 3.71. The number of rotatable bonds is 3. The average Bonchev–Trinajstić information content (AvgIpc) is 3.20. The number of aromatic nitrogens is 1. The lowest BCUT2D eigenvalue weighted by atomic mass is 10.2. The van der Waals surface area contributed by atoms with Crippen molar-refractivity contribution in [1.29, 1.82) is 0 Å². The Morgan fingerprint density at radius 1 is 1.20 bits per heavy atom. The van der Waals surface area contributed by atoms with E-state index in [9.17, 15) is 14.0 Å². The van der Waals surface area contributed by atoms with Gasteiger partial charge in [0.1, 0.15) is 11.2 Å². The van der Waals surface area contributed by atoms with Crippen molar-refractivity contribution in [2.45, 2.75) is 5.37 Å². The van der Waals surface area contributed by atoms with Crippen LogP contribution in [-0.2, 0) is 4.79 Å². The molecule has 2 aromatic carbocycles. The van der Waals surface area contributed by atoms with Crippen LogP contribution in [0, 0.1) is 5.82 Å². The number of benzene rings is 2. The summed E-state index contributed by atoms with van der Waals surface area (Å²) in [7, 11) is 0. The highest BCUT2D eigenvalue weighted by molar-refractivity contribution is 8.00. The van der Waals surface area contributed by atoms with Gasteiger partial charge in [-0.3, -0.25) is 15.0 Å². The summed E-state index contributed by atoms with van der Waals surface area (Å²) in [5.74, 6) is -0.727. The molecule has 3 aromatic rings. The quantitative estimate of drug-likeness (QED) is 0.765. The lowest BCUT2D eigenvalue weighted by Crippen LogP contribution is -2.44. The van der Waals surface area contributed by atoms with Crippen molar-refractivity contribution in [2.75, 3.05) is 5.75 Å². The van der Waals surface area contributed by atoms with Gasteiger partial charge in [-0.05, 0) is 35.3 Å². The van der Waals surface area contributed by atoms with Gasteiger partial charge < -0.3 is 0 Å². The number of carbonyl (C=O) groups excluding carboxylic acids is 2. The lowest BCUT2D eigenvalue weighted by molar-refractivity contribution is -0.130. The van der Waals surface area contributed by atoms with Gasteiger partial charge in [-0.2, -0.15) is 4.37 Å². The number of amides is 2. The summed E-state index contributed by atoms with van der Waals surface area (Å²) in [4.78, 5) is 24.8. The van der Waals surface area contributed by atoms with Gasteiger partial charge in [-0.25, -0.2) is 9.40 Å². The first-order valence-electron chi connectivity index (χ1n) is 7.48. The van der Waals surface area contributed by atoms with Crippen molar-refractivity contribution >= 4 is 45.2 Å². The smallest absolute Gasteiger partial charge is 0.272 e. The van der Waals surface area contributed by atoms with E-state index >= 15 is 0 Å². The van der Waals surface area contributed by atoms with Crippen LogP contribution in [0.25, 0.3) is 10.1 Å². The number of halogens is 1. The predicted octanol–water partition coefficient (Wildman–Crippen LogP) is 3.35. The topological polar surface area (TPSA) is 62.3 Å². The summed E-state index contributed by atoms with van der Waals surface area (Å²) in [5, 5.41) is 1.67. The lowest BCUT2D eigenvalue weighted by Gasteiger charge is -2.24. The second kappa shape index (κ2) is 6.45. The van der Waals surface area contributed by atoms with Crippen molar-refractivity contribution in [1.82, 2.24) is 14.8 Å². The summed E-state index contributed by atoms with van der Waals surface area (Å²) in [6, 6.07) is 13.3. The Morgan fingerprint density at radius 2 is 1.96 bits per heavy atom. The summed E-state index contributed by atoms with van der Waals surface area (Å²) in [6.07, 6.45) is 0. The Hall–Kier alpha value is -2.45. The molecule has 4 rings (SSSR count). The van der Waals surface area contributed by atoms with Gasteiger partial charge in [0.15, 0.2) is 5.69 Å². The molecule has 1 aliphatic rings. The standard InChI is InChI=1S/C17H12FN3O2S2/c18-11-7-5-10(6-8-11)17-21(14(22)9-24-17)19-16(23)15-12-3-1-2-4-13(12)25-20-15/h1-8,17H,9H2,(H,19,23). The van der Waals surface area contributed by atoms with Crippen LogP contribution in [0.5, 0.6) is 0 Å². The fourth-order valence-corrected chi connectivity index (χ4v) is 4.51. The molecule has 0 bridgehead atoms. The number of hydrogen-bond acceptors (Lipinski definition) is 5. The SMILES string of the molecule is O=C(NN1C(=O)CSC1c1ccc(F)cc1)c1nsc2ccccc12. The van der Waals surface area contributed by atoms with Gasteiger partial charge in [0.2, 0.25) is 0 Å². The van der Waals surface area contributed by atoms with E-state index in [1.807, 2.05) is 24.3 Å². The minimum atomic E-state index is -0.430. The molecule has 1 aromatic heterocycles. The first kappa shape index (κ1) is 16.0. The summed E-state index contributed by atoms with van der Waals surface area (Å²) < 4.78 is 18.2. The van der Waals surface area contributed by atoms with Crippen molar-refractivity contribution in [3.8, 4) is 0 Å². The molecule has 126 valence electrons. The van der Waals surface area contributed by atoms with Gasteiger partial charge in [0, 0.05) is 5.39 Å². The molecule has 5 nitrogen and oxygen atoms in total. The molecule has 25 heavy (non-hydrogen) atoms. The summed E-state index contributed by atoms with van der Waals surface area (Å²) in [6.45, 7) is 0. The highest BCUT2D eigenvalue weighted by Gasteiger charge is 2.35. The maximum atomic E-state index is 13.1. The minimum absolute atomic E-state index is 0.202. The van der Waals surface area contributed by atoms with E-state index in [0.717, 1.165) is 15.6 Å². The number of carbonyl (C=O) groups is 2. The van der Waals surface area contributed by atoms with Crippen LogP contribution in [0.4, 0.5) is 4.39 Å². The molecule has 1 N–H and O–H groups in total. The van der Waals surface area contributed by atoms with Crippen molar-refractivity contribution in [3.05, 3.63) is 65.6 Å². The van der Waals surface area contributed by atoms with Crippen molar-refractivity contribution < 1.29 is 14.0 Å². The first-order chi connectivity index (χ1) is 12.1. The molecule has 8 heteroatoms. The Balaban J connectivity index is 1.60. The van der Waals surface area contributed by atoms with E-state index in [0.29, 0.717) is 5.69 Å². The van der Waals surface area contributed by atoms with Crippen LogP contribution >= 0.6 is 23.3 Å². The molecule has 0 spiro atoms. The number of hydrogen-bond donors (Lipinski definition) is 1. The summed E-state index contributed by atoms with van der Waals surface area (Å²) >= 11 is 2.62. The number of hydrazine groups is 1. The average molecular weight is 373 g/mol. The Labute approximate surface area is 151 Å². The van der Waals surface area contributed by atoms with Gasteiger partial charge in [0.25, 0.3) is 11.8 Å². The second-order valence-corrected chi connectivity index (χ2v) is 7.32. The zero-order chi connectivity index (χ0) is 17.4. The number of nitrogens with zero attached hydrogens (tertiary/aromatic N) is 2. The van der Waals surface area contributed by atoms with Crippen LogP contribution in [-0.4, -0.2) is 26.9 Å². The molecule has 1 saturated heterocycles. The third-order valence-corrected chi connectivity index (χ3v) is 5.88. The normalized spacial score (nSPS) is 17.2. The molecule has 2 heterocycles. The van der Waals surface area contributed by atoms with Crippen LogP contribution in [0.15, 0.2) is 48.5 Å². The van der Waals surface area contributed by atoms with E-state index in [1.54, 1.807) is 12.1 Å². The van der Waals surface area contributed by atoms with E-state index in [2.05, 4.69) is 9.80 Å². The van der Waals surface area contributed by atoms with Crippen LogP contribution in [0.2, 0.25) is 0 Å². The number of fused-ring (bicyclic) bond motifs is 1. The maximum absolute atomic E-state index is 13.1. The van der Waals surface area contributed by atoms with E-state index in [-0.39, 0.29) is 22.9 Å². The zero-order valence-corrected chi connectivity index (χ0v) is 14.4. The molecule has 0 radical (unpaired) electrons. The van der Waals surface area contributed by atoms with E-state index in [1.165, 1.54) is 40.4 Å². The monoisotopic (exact) mass is 373 g/mol. The zero-order valence-electron chi connectivity index (χ0n) is 12.8. The molecular weight excluding hydrogens is 361 g/mol. The predicted molar refractivity (Wildman–Crippen MR) is 95.5 cm³/mol. The van der Waals surface area contributed by atoms with Crippen molar-refractivity contribution in [2.24, 2.45) is 0 Å². The highest BCUT2D eigenvalue weighted by atomic mass is 32.2. The molecule has 0 aliphatic carbocycles. The second-order valence-electron chi connectivity index (χ2n) is 5.45.